The lowest BCUT2D eigenvalue weighted by Gasteiger charge is -2.28. The maximum Gasteiger partial charge on any atom is 0.340 e. The van der Waals surface area contributed by atoms with Crippen LogP contribution in [-0.4, -0.2) is 79.3 Å². The van der Waals surface area contributed by atoms with Crippen molar-refractivity contribution in [3.05, 3.63) is 41.9 Å². The first kappa shape index (κ1) is 30.5. The number of morpholine rings is 1. The van der Waals surface area contributed by atoms with E-state index in [1.165, 1.54) is 6.26 Å². The van der Waals surface area contributed by atoms with Gasteiger partial charge in [-0.05, 0) is 39.0 Å². The molecule has 1 fully saturated rings. The third kappa shape index (κ3) is 8.53. The van der Waals surface area contributed by atoms with Gasteiger partial charge < -0.3 is 39.3 Å². The molecular formula is C25H34N6O8S2. The Bertz CT molecular complexity index is 1420. The number of nitrogens with two attached hydrogens (primary N) is 1. The van der Waals surface area contributed by atoms with Crippen molar-refractivity contribution in [2.45, 2.75) is 43.9 Å². The quantitative estimate of drug-likeness (QED) is 0.218. The fourth-order valence-corrected chi connectivity index (χ4v) is 5.04. The normalized spacial score (nSPS) is 15.0. The molecule has 2 aromatic heterocycles. The van der Waals surface area contributed by atoms with Crippen molar-refractivity contribution in [1.82, 2.24) is 14.1 Å². The molecule has 1 saturated heterocycles. The lowest BCUT2D eigenvalue weighted by molar-refractivity contribution is 0.0157. The first-order valence-electron chi connectivity index (χ1n) is 12.8. The highest BCUT2D eigenvalue weighted by Gasteiger charge is 2.27. The minimum absolute atomic E-state index is 0.0626. The van der Waals surface area contributed by atoms with Crippen molar-refractivity contribution >= 4 is 39.2 Å². The van der Waals surface area contributed by atoms with Crippen LogP contribution in [-0.2, 0) is 26.0 Å². The molecule has 1 aromatic carbocycles. The second-order valence-corrected chi connectivity index (χ2v) is 12.4. The summed E-state index contributed by atoms with van der Waals surface area (Å²) >= 11 is 1.01. The number of aromatic nitrogens is 2. The smallest absolute Gasteiger partial charge is 0.340 e. The fourth-order valence-electron chi connectivity index (χ4n) is 3.88. The molecular weight excluding hydrogens is 576 g/mol. The Labute approximate surface area is 242 Å². The van der Waals surface area contributed by atoms with Gasteiger partial charge in [0.05, 0.1) is 49.0 Å². The summed E-state index contributed by atoms with van der Waals surface area (Å²) in [5, 5.41) is 21.9. The third-order valence-corrected chi connectivity index (χ3v) is 7.39. The molecule has 4 rings (SSSR count). The van der Waals surface area contributed by atoms with Gasteiger partial charge in [0.1, 0.15) is 29.1 Å². The zero-order valence-corrected chi connectivity index (χ0v) is 24.6. The van der Waals surface area contributed by atoms with Crippen molar-refractivity contribution in [2.75, 3.05) is 49.7 Å². The molecule has 0 bridgehead atoms. The van der Waals surface area contributed by atoms with E-state index >= 15 is 0 Å². The first-order chi connectivity index (χ1) is 19.4. The molecule has 3 aromatic rings. The van der Waals surface area contributed by atoms with Crippen LogP contribution in [0.25, 0.3) is 0 Å². The molecule has 3 heterocycles. The maximum atomic E-state index is 13.5. The summed E-state index contributed by atoms with van der Waals surface area (Å²) in [5.41, 5.74) is -0.331. The number of rotatable bonds is 12. The van der Waals surface area contributed by atoms with Crippen LogP contribution in [0.1, 0.15) is 36.9 Å². The molecule has 14 nitrogen and oxygen atoms in total. The number of benzene rings is 1. The topological polar surface area (TPSA) is 191 Å². The van der Waals surface area contributed by atoms with Gasteiger partial charge in [-0.15, -0.1) is 4.37 Å². The molecule has 224 valence electrons. The molecule has 1 atom stereocenters. The maximum absolute atomic E-state index is 13.5. The Morgan fingerprint density at radius 3 is 2.68 bits per heavy atom. The molecule has 0 radical (unpaired) electrons. The molecule has 1 aliphatic heterocycles. The fraction of sp³-hybridized carbons (Fsp3) is 0.480. The Kier molecular flexibility index (Phi) is 9.70. The predicted octanol–water partition coefficient (Wildman–Crippen LogP) is 1.93. The number of hydrogen-bond donors (Lipinski definition) is 4. The number of nitrogens with one attached hydrogen (secondary N) is 2. The van der Waals surface area contributed by atoms with Gasteiger partial charge in [-0.1, -0.05) is 0 Å². The van der Waals surface area contributed by atoms with Gasteiger partial charge in [0.2, 0.25) is 15.8 Å². The van der Waals surface area contributed by atoms with E-state index in [1.54, 1.807) is 12.1 Å². The van der Waals surface area contributed by atoms with Crippen LogP contribution < -0.4 is 25.4 Å². The number of carbonyl (C=O) groups is 1. The number of phenolic OH excluding ortho intramolecular Hbond substituents is 1. The van der Waals surface area contributed by atoms with E-state index in [0.29, 0.717) is 43.8 Å². The van der Waals surface area contributed by atoms with Gasteiger partial charge in [-0.2, -0.15) is 4.37 Å². The van der Waals surface area contributed by atoms with Gasteiger partial charge in [-0.25, -0.2) is 18.4 Å². The standard InChI is InChI=1S/C25H34N6O8S2/c1-25(2,3)28-14-17(15-38-23-22(29-40-30-23)31-6-9-36-10-7-31)39-24(33)18-11-21(41(26,34)35)20(32)12-19(18)27-13-16-5-4-8-37-16/h4-5,8,11-12,17,27-28,32H,6-7,9-10,13-15H2,1-3H3,(H2,26,34,35)/t17-/m0/s1. The number of sulfonamides is 1. The van der Waals surface area contributed by atoms with Crippen LogP contribution in [0.5, 0.6) is 11.6 Å². The number of esters is 1. The number of furan rings is 1. The summed E-state index contributed by atoms with van der Waals surface area (Å²) in [6, 6.07) is 5.50. The van der Waals surface area contributed by atoms with Crippen molar-refractivity contribution in [3.8, 4) is 11.6 Å². The van der Waals surface area contributed by atoms with E-state index in [9.17, 15) is 18.3 Å². The third-order valence-electron chi connectivity index (χ3n) is 5.95. The minimum Gasteiger partial charge on any atom is -0.506 e. The SMILES string of the molecule is CC(C)(C)NC[C@@H](COc1nsnc1N1CCOCC1)OC(=O)c1cc(S(N)(=O)=O)c(O)cc1NCc1ccco1. The van der Waals surface area contributed by atoms with Crippen molar-refractivity contribution in [2.24, 2.45) is 5.14 Å². The summed E-state index contributed by atoms with van der Waals surface area (Å²) in [5.74, 6) is -0.0191. The van der Waals surface area contributed by atoms with E-state index in [0.717, 1.165) is 23.9 Å². The predicted molar refractivity (Wildman–Crippen MR) is 151 cm³/mol. The van der Waals surface area contributed by atoms with Gasteiger partial charge in [0, 0.05) is 31.2 Å². The number of ether oxygens (including phenoxy) is 3. The summed E-state index contributed by atoms with van der Waals surface area (Å²) in [7, 11) is -4.35. The van der Waals surface area contributed by atoms with Crippen LogP contribution in [0.3, 0.4) is 0 Å². The highest BCUT2D eigenvalue weighted by atomic mass is 32.2. The highest BCUT2D eigenvalue weighted by Crippen LogP contribution is 2.31. The van der Waals surface area contributed by atoms with E-state index < -0.39 is 32.7 Å². The van der Waals surface area contributed by atoms with Crippen LogP contribution in [0.15, 0.2) is 39.8 Å². The molecule has 0 aliphatic carbocycles. The number of hydrogen-bond acceptors (Lipinski definition) is 14. The monoisotopic (exact) mass is 610 g/mol. The van der Waals surface area contributed by atoms with E-state index in [-0.39, 0.29) is 36.5 Å². The number of anilines is 2. The van der Waals surface area contributed by atoms with Crippen molar-refractivity contribution < 1.29 is 36.9 Å². The Hall–Kier alpha value is -3.44. The number of primary sulfonamides is 1. The molecule has 5 N–H and O–H groups in total. The van der Waals surface area contributed by atoms with Crippen molar-refractivity contribution in [1.29, 1.82) is 0 Å². The molecule has 0 amide bonds. The molecule has 1 aliphatic rings. The van der Waals surface area contributed by atoms with E-state index in [1.807, 2.05) is 25.7 Å². The largest absolute Gasteiger partial charge is 0.506 e. The number of carbonyl (C=O) groups excluding carboxylic acids is 1. The summed E-state index contributed by atoms with van der Waals surface area (Å²) in [4.78, 5) is 14.9. The summed E-state index contributed by atoms with van der Waals surface area (Å²) in [6.45, 7) is 8.61. The lowest BCUT2D eigenvalue weighted by atomic mass is 10.1. The summed E-state index contributed by atoms with van der Waals surface area (Å²) in [6.07, 6.45) is 0.675. The zero-order valence-electron chi connectivity index (χ0n) is 23.0. The van der Waals surface area contributed by atoms with Crippen LogP contribution in [0.4, 0.5) is 11.5 Å². The Morgan fingerprint density at radius 2 is 2.02 bits per heavy atom. The molecule has 41 heavy (non-hydrogen) atoms. The first-order valence-corrected chi connectivity index (χ1v) is 15.1. The van der Waals surface area contributed by atoms with Crippen LogP contribution in [0.2, 0.25) is 0 Å². The Balaban J connectivity index is 1.56. The highest BCUT2D eigenvalue weighted by molar-refractivity contribution is 7.89. The number of phenols is 1. The number of aromatic hydroxyl groups is 1. The molecule has 16 heteroatoms. The lowest BCUT2D eigenvalue weighted by Crippen LogP contribution is -2.44. The average Bonchev–Trinajstić information content (AvgIpc) is 3.60. The van der Waals surface area contributed by atoms with E-state index in [4.69, 9.17) is 23.8 Å². The average molecular weight is 611 g/mol. The molecule has 0 unspecified atom stereocenters. The van der Waals surface area contributed by atoms with Gasteiger partial charge in [-0.3, -0.25) is 0 Å². The van der Waals surface area contributed by atoms with Crippen LogP contribution >= 0.6 is 11.7 Å². The minimum atomic E-state index is -4.35. The van der Waals surface area contributed by atoms with Gasteiger partial charge in [0.15, 0.2) is 0 Å². The van der Waals surface area contributed by atoms with Gasteiger partial charge >= 0.3 is 5.97 Å². The number of nitrogens with zero attached hydrogens (tertiary/aromatic N) is 3. The van der Waals surface area contributed by atoms with E-state index in [2.05, 4.69) is 19.4 Å². The van der Waals surface area contributed by atoms with Crippen LogP contribution in [0, 0.1) is 0 Å². The van der Waals surface area contributed by atoms with Crippen molar-refractivity contribution in [3.63, 3.8) is 0 Å². The molecule has 0 saturated carbocycles. The van der Waals surface area contributed by atoms with Gasteiger partial charge in [0.25, 0.3) is 5.88 Å². The molecule has 0 spiro atoms. The Morgan fingerprint density at radius 1 is 1.27 bits per heavy atom. The summed E-state index contributed by atoms with van der Waals surface area (Å²) < 4.78 is 55.3. The second-order valence-electron chi connectivity index (χ2n) is 10.3. The zero-order chi connectivity index (χ0) is 29.6. The second kappa shape index (κ2) is 13.0.